The molecule has 1 aromatic carbocycles. The highest BCUT2D eigenvalue weighted by Crippen LogP contribution is 2.17. The van der Waals surface area contributed by atoms with E-state index in [9.17, 15) is 4.39 Å². The molecule has 0 atom stereocenters. The Morgan fingerprint density at radius 1 is 1.35 bits per heavy atom. The molecule has 0 radical (unpaired) electrons. The van der Waals surface area contributed by atoms with E-state index in [4.69, 9.17) is 4.74 Å². The fourth-order valence-electron chi connectivity index (χ4n) is 1.45. The van der Waals surface area contributed by atoms with Crippen LogP contribution in [0.2, 0.25) is 0 Å². The van der Waals surface area contributed by atoms with Gasteiger partial charge in [0.05, 0.1) is 12.0 Å². The van der Waals surface area contributed by atoms with Crippen molar-refractivity contribution >= 4 is 0 Å². The number of para-hydroxylation sites is 1. The topological polar surface area (TPSA) is 27.1 Å². The smallest absolute Gasteiger partial charge is 0.165 e. The monoisotopic (exact) mass is 234 g/mol. The van der Waals surface area contributed by atoms with E-state index in [0.717, 1.165) is 5.69 Å². The van der Waals surface area contributed by atoms with Gasteiger partial charge in [0.1, 0.15) is 6.61 Å². The van der Waals surface area contributed by atoms with Gasteiger partial charge in [-0.05, 0) is 26.0 Å². The number of imidazole rings is 1. The maximum atomic E-state index is 13.3. The first-order valence-electron chi connectivity index (χ1n) is 5.56. The predicted octanol–water partition coefficient (Wildman–Crippen LogP) is 3.18. The molecule has 1 aromatic heterocycles. The van der Waals surface area contributed by atoms with Gasteiger partial charge in [-0.1, -0.05) is 12.1 Å². The summed E-state index contributed by atoms with van der Waals surface area (Å²) in [6.45, 7) is 4.42. The Morgan fingerprint density at radius 3 is 2.76 bits per heavy atom. The predicted molar refractivity (Wildman–Crippen MR) is 63.3 cm³/mol. The fraction of sp³-hybridized carbons (Fsp3) is 0.308. The minimum atomic E-state index is -0.351. The van der Waals surface area contributed by atoms with Gasteiger partial charge in [-0.25, -0.2) is 9.37 Å². The molecule has 0 aliphatic carbocycles. The lowest BCUT2D eigenvalue weighted by molar-refractivity contribution is 0.286. The van der Waals surface area contributed by atoms with E-state index in [-0.39, 0.29) is 18.2 Å². The number of aromatic nitrogens is 2. The molecule has 4 heteroatoms. The second kappa shape index (κ2) is 4.99. The molecular formula is C13H15FN2O. The first-order chi connectivity index (χ1) is 8.16. The third-order valence-corrected chi connectivity index (χ3v) is 2.46. The number of hydrogen-bond donors (Lipinski definition) is 0. The normalized spacial score (nSPS) is 10.8. The van der Waals surface area contributed by atoms with Crippen molar-refractivity contribution in [1.29, 1.82) is 0 Å². The molecule has 3 nitrogen and oxygen atoms in total. The van der Waals surface area contributed by atoms with Crippen LogP contribution in [0.4, 0.5) is 4.39 Å². The Bertz CT molecular complexity index is 494. The summed E-state index contributed by atoms with van der Waals surface area (Å²) >= 11 is 0. The summed E-state index contributed by atoms with van der Waals surface area (Å²) in [7, 11) is 0. The van der Waals surface area contributed by atoms with Crippen molar-refractivity contribution < 1.29 is 9.13 Å². The summed E-state index contributed by atoms with van der Waals surface area (Å²) < 4.78 is 20.6. The van der Waals surface area contributed by atoms with E-state index in [2.05, 4.69) is 18.8 Å². The van der Waals surface area contributed by atoms with Gasteiger partial charge in [0.25, 0.3) is 0 Å². The highest BCUT2D eigenvalue weighted by atomic mass is 19.1. The van der Waals surface area contributed by atoms with Crippen molar-refractivity contribution in [2.24, 2.45) is 0 Å². The van der Waals surface area contributed by atoms with E-state index in [1.165, 1.54) is 6.07 Å². The van der Waals surface area contributed by atoms with Crippen LogP contribution in [-0.2, 0) is 6.61 Å². The molecule has 0 fully saturated rings. The minimum absolute atomic E-state index is 0.256. The molecule has 2 rings (SSSR count). The Morgan fingerprint density at radius 2 is 2.12 bits per heavy atom. The van der Waals surface area contributed by atoms with Crippen molar-refractivity contribution in [3.8, 4) is 5.75 Å². The van der Waals surface area contributed by atoms with Crippen LogP contribution in [0.3, 0.4) is 0 Å². The zero-order valence-corrected chi connectivity index (χ0v) is 9.93. The minimum Gasteiger partial charge on any atom is -0.484 e. The van der Waals surface area contributed by atoms with E-state index in [1.54, 1.807) is 24.5 Å². The third kappa shape index (κ3) is 2.84. The molecule has 90 valence electrons. The Hall–Kier alpha value is -1.84. The lowest BCUT2D eigenvalue weighted by atomic mass is 10.3. The van der Waals surface area contributed by atoms with Crippen LogP contribution in [-0.4, -0.2) is 9.55 Å². The highest BCUT2D eigenvalue weighted by molar-refractivity contribution is 5.23. The van der Waals surface area contributed by atoms with E-state index in [1.807, 2.05) is 10.8 Å². The Labute approximate surface area is 99.9 Å². The average molecular weight is 234 g/mol. The van der Waals surface area contributed by atoms with Crippen LogP contribution in [0.15, 0.2) is 36.8 Å². The van der Waals surface area contributed by atoms with Crippen molar-refractivity contribution in [3.05, 3.63) is 48.3 Å². The average Bonchev–Trinajstić information content (AvgIpc) is 2.77. The Balaban J connectivity index is 2.00. The zero-order chi connectivity index (χ0) is 12.3. The van der Waals surface area contributed by atoms with E-state index >= 15 is 0 Å². The maximum absolute atomic E-state index is 13.3. The second-order valence-electron chi connectivity index (χ2n) is 4.13. The molecule has 0 aliphatic rings. The first kappa shape index (κ1) is 11.6. The van der Waals surface area contributed by atoms with Crippen molar-refractivity contribution in [1.82, 2.24) is 9.55 Å². The van der Waals surface area contributed by atoms with Crippen LogP contribution in [0.25, 0.3) is 0 Å². The quantitative estimate of drug-likeness (QED) is 0.812. The van der Waals surface area contributed by atoms with Crippen LogP contribution >= 0.6 is 0 Å². The number of ether oxygens (including phenoxy) is 1. The van der Waals surface area contributed by atoms with Crippen molar-refractivity contribution in [2.45, 2.75) is 26.5 Å². The second-order valence-corrected chi connectivity index (χ2v) is 4.13. The van der Waals surface area contributed by atoms with Gasteiger partial charge in [-0.3, -0.25) is 0 Å². The highest BCUT2D eigenvalue weighted by Gasteiger charge is 2.05. The van der Waals surface area contributed by atoms with Crippen LogP contribution in [0, 0.1) is 5.82 Å². The number of rotatable bonds is 4. The van der Waals surface area contributed by atoms with E-state index < -0.39 is 0 Å². The summed E-state index contributed by atoms with van der Waals surface area (Å²) in [6, 6.07) is 6.72. The van der Waals surface area contributed by atoms with Gasteiger partial charge in [0.2, 0.25) is 0 Å². The maximum Gasteiger partial charge on any atom is 0.165 e. The lowest BCUT2D eigenvalue weighted by Gasteiger charge is -2.05. The lowest BCUT2D eigenvalue weighted by Crippen LogP contribution is -1.98. The van der Waals surface area contributed by atoms with Gasteiger partial charge in [-0.2, -0.15) is 0 Å². The van der Waals surface area contributed by atoms with Crippen molar-refractivity contribution in [2.75, 3.05) is 0 Å². The molecule has 0 aliphatic heterocycles. The Kier molecular flexibility index (Phi) is 3.42. The summed E-state index contributed by atoms with van der Waals surface area (Å²) in [5, 5.41) is 0. The molecule has 17 heavy (non-hydrogen) atoms. The molecule has 2 aromatic rings. The van der Waals surface area contributed by atoms with Gasteiger partial charge in [0, 0.05) is 12.2 Å². The standard InChI is InChI=1S/C13H15FN2O/c1-10(2)16-7-11(15-9-16)8-17-13-6-4-3-5-12(13)14/h3-7,9-10H,8H2,1-2H3. The fourth-order valence-corrected chi connectivity index (χ4v) is 1.45. The molecule has 0 bridgehead atoms. The van der Waals surface area contributed by atoms with E-state index in [0.29, 0.717) is 6.04 Å². The number of hydrogen-bond acceptors (Lipinski definition) is 2. The molecule has 0 N–H and O–H groups in total. The summed E-state index contributed by atoms with van der Waals surface area (Å²) in [4.78, 5) is 4.20. The molecule has 0 unspecified atom stereocenters. The van der Waals surface area contributed by atoms with Crippen LogP contribution in [0.1, 0.15) is 25.6 Å². The molecular weight excluding hydrogens is 219 g/mol. The number of halogens is 1. The zero-order valence-electron chi connectivity index (χ0n) is 9.93. The summed E-state index contributed by atoms with van der Waals surface area (Å²) in [5.41, 5.74) is 0.793. The number of benzene rings is 1. The van der Waals surface area contributed by atoms with Crippen LogP contribution < -0.4 is 4.74 Å². The number of nitrogens with zero attached hydrogens (tertiary/aromatic N) is 2. The first-order valence-corrected chi connectivity index (χ1v) is 5.56. The van der Waals surface area contributed by atoms with Crippen LogP contribution in [0.5, 0.6) is 5.75 Å². The molecule has 0 saturated carbocycles. The van der Waals surface area contributed by atoms with Gasteiger partial charge >= 0.3 is 0 Å². The largest absolute Gasteiger partial charge is 0.484 e. The summed E-state index contributed by atoms with van der Waals surface area (Å²) in [5.74, 6) is -0.0950. The van der Waals surface area contributed by atoms with Gasteiger partial charge < -0.3 is 9.30 Å². The molecule has 0 amide bonds. The van der Waals surface area contributed by atoms with Crippen molar-refractivity contribution in [3.63, 3.8) is 0 Å². The van der Waals surface area contributed by atoms with Gasteiger partial charge in [0.15, 0.2) is 11.6 Å². The molecule has 0 saturated heterocycles. The molecule has 0 spiro atoms. The summed E-state index contributed by atoms with van der Waals surface area (Å²) in [6.07, 6.45) is 3.66. The van der Waals surface area contributed by atoms with Gasteiger partial charge in [-0.15, -0.1) is 0 Å². The third-order valence-electron chi connectivity index (χ3n) is 2.46. The molecule has 1 heterocycles. The SMILES string of the molecule is CC(C)n1cnc(COc2ccccc2F)c1.